The van der Waals surface area contributed by atoms with Crippen molar-refractivity contribution < 1.29 is 9.53 Å². The van der Waals surface area contributed by atoms with Crippen LogP contribution in [0.5, 0.6) is 5.75 Å². The van der Waals surface area contributed by atoms with Crippen LogP contribution in [0.3, 0.4) is 0 Å². The van der Waals surface area contributed by atoms with E-state index in [-0.39, 0.29) is 11.8 Å². The van der Waals surface area contributed by atoms with Crippen LogP contribution < -0.4 is 15.0 Å². The van der Waals surface area contributed by atoms with E-state index in [2.05, 4.69) is 26.5 Å². The summed E-state index contributed by atoms with van der Waals surface area (Å²) in [7, 11) is 0. The van der Waals surface area contributed by atoms with Crippen molar-refractivity contribution >= 4 is 17.4 Å². The molecule has 32 heavy (non-hydrogen) atoms. The largest absolute Gasteiger partial charge is 0.489 e. The second kappa shape index (κ2) is 9.39. The minimum Gasteiger partial charge on any atom is -0.489 e. The highest BCUT2D eigenvalue weighted by Crippen LogP contribution is 2.27. The Balaban J connectivity index is 1.16. The number of aryl methyl sites for hydroxylation is 2. The quantitative estimate of drug-likeness (QED) is 0.630. The molecule has 2 aromatic carbocycles. The smallest absolute Gasteiger partial charge is 0.229 e. The lowest BCUT2D eigenvalue weighted by Gasteiger charge is -2.32. The number of fused-ring (bicyclic) bond motifs is 1. The van der Waals surface area contributed by atoms with E-state index in [1.165, 1.54) is 5.56 Å². The Morgan fingerprint density at radius 3 is 2.72 bits per heavy atom. The molecule has 2 aliphatic rings. The minimum atomic E-state index is -0.0622. The molecule has 0 saturated carbocycles. The van der Waals surface area contributed by atoms with Crippen LogP contribution in [-0.4, -0.2) is 29.2 Å². The standard InChI is InChI=1S/C26H28N4O2/c31-26(27-22-11-13-23(14-12-22)32-18-19-6-2-1-3-7-19)21-9-5-15-30(17-21)25-16-20-8-4-10-24(20)28-29-25/h1-3,6-7,11-14,16,21H,4-5,8-10,15,17-18H2,(H,27,31)/t21-/m0/s1. The van der Waals surface area contributed by atoms with Gasteiger partial charge in [0, 0.05) is 18.8 Å². The topological polar surface area (TPSA) is 67.3 Å². The molecule has 6 heteroatoms. The number of amides is 1. The molecule has 1 aliphatic carbocycles. The number of hydrogen-bond donors (Lipinski definition) is 1. The molecule has 0 bridgehead atoms. The first-order valence-electron chi connectivity index (χ1n) is 11.4. The van der Waals surface area contributed by atoms with E-state index < -0.39 is 0 Å². The van der Waals surface area contributed by atoms with Gasteiger partial charge in [0.15, 0.2) is 5.82 Å². The molecular formula is C26H28N4O2. The minimum absolute atomic E-state index is 0.0572. The van der Waals surface area contributed by atoms with Crippen molar-refractivity contribution in [2.45, 2.75) is 38.7 Å². The van der Waals surface area contributed by atoms with Gasteiger partial charge in [-0.15, -0.1) is 5.10 Å². The van der Waals surface area contributed by atoms with E-state index in [1.807, 2.05) is 54.6 Å². The lowest BCUT2D eigenvalue weighted by molar-refractivity contribution is -0.120. The fourth-order valence-corrected chi connectivity index (χ4v) is 4.49. The number of anilines is 2. The maximum Gasteiger partial charge on any atom is 0.229 e. The van der Waals surface area contributed by atoms with Crippen LogP contribution in [0.25, 0.3) is 0 Å². The van der Waals surface area contributed by atoms with Gasteiger partial charge in [0.1, 0.15) is 12.4 Å². The number of nitrogens with zero attached hydrogens (tertiary/aromatic N) is 3. The van der Waals surface area contributed by atoms with Gasteiger partial charge in [-0.2, -0.15) is 5.10 Å². The fraction of sp³-hybridized carbons (Fsp3) is 0.346. The summed E-state index contributed by atoms with van der Waals surface area (Å²) in [5.41, 5.74) is 4.36. The highest BCUT2D eigenvalue weighted by Gasteiger charge is 2.27. The van der Waals surface area contributed by atoms with Gasteiger partial charge in [-0.1, -0.05) is 30.3 Å². The first-order chi connectivity index (χ1) is 15.7. The second-order valence-corrected chi connectivity index (χ2v) is 8.60. The molecule has 6 nitrogen and oxygen atoms in total. The van der Waals surface area contributed by atoms with Crippen molar-refractivity contribution in [3.63, 3.8) is 0 Å². The summed E-state index contributed by atoms with van der Waals surface area (Å²) in [4.78, 5) is 15.1. The normalized spacial score (nSPS) is 17.6. The van der Waals surface area contributed by atoms with Crippen LogP contribution in [0, 0.1) is 5.92 Å². The van der Waals surface area contributed by atoms with E-state index >= 15 is 0 Å². The van der Waals surface area contributed by atoms with Gasteiger partial charge in [-0.05, 0) is 73.6 Å². The lowest BCUT2D eigenvalue weighted by atomic mass is 9.97. The van der Waals surface area contributed by atoms with Crippen LogP contribution in [0.15, 0.2) is 60.7 Å². The van der Waals surface area contributed by atoms with E-state index in [4.69, 9.17) is 4.74 Å². The molecule has 5 rings (SSSR count). The molecule has 0 spiro atoms. The molecular weight excluding hydrogens is 400 g/mol. The van der Waals surface area contributed by atoms with Crippen LogP contribution in [0.2, 0.25) is 0 Å². The summed E-state index contributed by atoms with van der Waals surface area (Å²) < 4.78 is 5.83. The number of carbonyl (C=O) groups is 1. The maximum atomic E-state index is 12.9. The third-order valence-corrected chi connectivity index (χ3v) is 6.29. The number of benzene rings is 2. The third-order valence-electron chi connectivity index (χ3n) is 6.29. The van der Waals surface area contributed by atoms with Crippen molar-refractivity contribution in [3.8, 4) is 5.75 Å². The molecule has 1 amide bonds. The van der Waals surface area contributed by atoms with Gasteiger partial charge in [-0.3, -0.25) is 4.79 Å². The fourth-order valence-electron chi connectivity index (χ4n) is 4.49. The third kappa shape index (κ3) is 4.74. The van der Waals surface area contributed by atoms with Gasteiger partial charge in [-0.25, -0.2) is 0 Å². The Hall–Kier alpha value is -3.41. The van der Waals surface area contributed by atoms with E-state index in [0.29, 0.717) is 13.2 Å². The molecule has 0 radical (unpaired) electrons. The van der Waals surface area contributed by atoms with Crippen LogP contribution in [0.4, 0.5) is 11.5 Å². The van der Waals surface area contributed by atoms with Gasteiger partial charge in [0.05, 0.1) is 11.6 Å². The highest BCUT2D eigenvalue weighted by molar-refractivity contribution is 5.93. The summed E-state index contributed by atoms with van der Waals surface area (Å²) in [5.74, 6) is 1.68. The Bertz CT molecular complexity index is 1070. The summed E-state index contributed by atoms with van der Waals surface area (Å²) in [5, 5.41) is 11.9. The summed E-state index contributed by atoms with van der Waals surface area (Å²) in [6.07, 6.45) is 5.14. The predicted octanol–water partition coefficient (Wildman–Crippen LogP) is 4.40. The number of ether oxygens (including phenoxy) is 1. The molecule has 3 aromatic rings. The van der Waals surface area contributed by atoms with E-state index in [1.54, 1.807) is 0 Å². The van der Waals surface area contributed by atoms with Crippen molar-refractivity contribution in [3.05, 3.63) is 77.5 Å². The Morgan fingerprint density at radius 1 is 1.03 bits per heavy atom. The Kier molecular flexibility index (Phi) is 6.01. The zero-order valence-electron chi connectivity index (χ0n) is 18.2. The van der Waals surface area contributed by atoms with Crippen LogP contribution in [-0.2, 0) is 24.2 Å². The summed E-state index contributed by atoms with van der Waals surface area (Å²) in [6, 6.07) is 19.8. The molecule has 164 valence electrons. The number of rotatable bonds is 6. The Morgan fingerprint density at radius 2 is 1.88 bits per heavy atom. The molecule has 2 heterocycles. The molecule has 1 N–H and O–H groups in total. The van der Waals surface area contributed by atoms with Gasteiger partial charge in [0.25, 0.3) is 0 Å². The van der Waals surface area contributed by atoms with Crippen molar-refractivity contribution in [1.82, 2.24) is 10.2 Å². The molecule has 1 aliphatic heterocycles. The monoisotopic (exact) mass is 428 g/mol. The maximum absolute atomic E-state index is 12.9. The SMILES string of the molecule is O=C(Nc1ccc(OCc2ccccc2)cc1)[C@H]1CCCN(c2cc3c(nn2)CCC3)C1. The van der Waals surface area contributed by atoms with Gasteiger partial charge < -0.3 is 15.0 Å². The number of nitrogens with one attached hydrogen (secondary N) is 1. The molecule has 1 atom stereocenters. The zero-order chi connectivity index (χ0) is 21.8. The number of piperidine rings is 1. The molecule has 1 saturated heterocycles. The number of hydrogen-bond acceptors (Lipinski definition) is 5. The second-order valence-electron chi connectivity index (χ2n) is 8.60. The van der Waals surface area contributed by atoms with Crippen molar-refractivity contribution in [2.75, 3.05) is 23.3 Å². The van der Waals surface area contributed by atoms with E-state index in [9.17, 15) is 4.79 Å². The number of aromatic nitrogens is 2. The van der Waals surface area contributed by atoms with Crippen LogP contribution in [0.1, 0.15) is 36.1 Å². The van der Waals surface area contributed by atoms with E-state index in [0.717, 1.165) is 67.2 Å². The molecule has 1 fully saturated rings. The first-order valence-corrected chi connectivity index (χ1v) is 11.4. The number of carbonyl (C=O) groups excluding carboxylic acids is 1. The lowest BCUT2D eigenvalue weighted by Crippen LogP contribution is -2.41. The summed E-state index contributed by atoms with van der Waals surface area (Å²) >= 11 is 0. The van der Waals surface area contributed by atoms with Crippen LogP contribution >= 0.6 is 0 Å². The van der Waals surface area contributed by atoms with Gasteiger partial charge >= 0.3 is 0 Å². The Labute approximate surface area is 188 Å². The molecule has 0 unspecified atom stereocenters. The molecule has 1 aromatic heterocycles. The highest BCUT2D eigenvalue weighted by atomic mass is 16.5. The van der Waals surface area contributed by atoms with Gasteiger partial charge in [0.2, 0.25) is 5.91 Å². The first kappa shape index (κ1) is 20.5. The average molecular weight is 429 g/mol. The average Bonchev–Trinajstić information content (AvgIpc) is 3.32. The predicted molar refractivity (Wildman–Crippen MR) is 125 cm³/mol. The van der Waals surface area contributed by atoms with Crippen molar-refractivity contribution in [1.29, 1.82) is 0 Å². The zero-order valence-corrected chi connectivity index (χ0v) is 18.2. The van der Waals surface area contributed by atoms with Crippen molar-refractivity contribution in [2.24, 2.45) is 5.92 Å². The summed E-state index contributed by atoms with van der Waals surface area (Å²) in [6.45, 7) is 2.12.